The van der Waals surface area contributed by atoms with E-state index in [2.05, 4.69) is 5.32 Å². The van der Waals surface area contributed by atoms with Gasteiger partial charge in [0, 0.05) is 36.1 Å². The molecule has 0 bridgehead atoms. The fraction of sp³-hybridized carbons (Fsp3) is 0.333. The van der Waals surface area contributed by atoms with E-state index in [0.717, 1.165) is 22.5 Å². The molecule has 1 unspecified atom stereocenters. The monoisotopic (exact) mass is 408 g/mol. The van der Waals surface area contributed by atoms with Crippen LogP contribution in [0.1, 0.15) is 25.8 Å². The molecule has 10 heteroatoms. The lowest BCUT2D eigenvalue weighted by Gasteiger charge is -2.18. The average molecular weight is 408 g/mol. The Morgan fingerprint density at radius 1 is 1.11 bits per heavy atom. The lowest BCUT2D eigenvalue weighted by atomic mass is 10.1. The molecule has 0 aliphatic heterocycles. The first kappa shape index (κ1) is 21.3. The lowest BCUT2D eigenvalue weighted by Crippen LogP contribution is -2.41. The molecule has 1 heterocycles. The minimum absolute atomic E-state index is 0.0197. The second kappa shape index (κ2) is 9.27. The summed E-state index contributed by atoms with van der Waals surface area (Å²) in [7, 11) is 0. The Balaban J connectivity index is 2.40. The van der Waals surface area contributed by atoms with Crippen LogP contribution in [0.3, 0.4) is 0 Å². The molecule has 2 atom stereocenters. The highest BCUT2D eigenvalue weighted by molar-refractivity contribution is 7.99. The van der Waals surface area contributed by atoms with Crippen LogP contribution >= 0.6 is 11.8 Å². The number of carboxylic acid groups (broad SMARTS) is 3. The van der Waals surface area contributed by atoms with Crippen molar-refractivity contribution in [3.63, 3.8) is 0 Å². The van der Waals surface area contributed by atoms with E-state index in [0.29, 0.717) is 5.03 Å². The van der Waals surface area contributed by atoms with Crippen LogP contribution in [0.25, 0.3) is 10.8 Å². The van der Waals surface area contributed by atoms with E-state index < -0.39 is 35.9 Å². The predicted molar refractivity (Wildman–Crippen MR) is 101 cm³/mol. The van der Waals surface area contributed by atoms with Gasteiger partial charge in [0.25, 0.3) is 0 Å². The zero-order chi connectivity index (χ0) is 20.8. The first-order chi connectivity index (χ1) is 13.2. The van der Waals surface area contributed by atoms with Gasteiger partial charge < -0.3 is 25.2 Å². The number of carbonyl (C=O) groups excluding carboxylic acids is 1. The molecule has 9 nitrogen and oxygen atoms in total. The van der Waals surface area contributed by atoms with Crippen molar-refractivity contribution in [3.8, 4) is 0 Å². The van der Waals surface area contributed by atoms with Crippen LogP contribution in [0.2, 0.25) is 0 Å². The smallest absolute Gasteiger partial charge is 0.327 e. The van der Waals surface area contributed by atoms with E-state index in [1.165, 1.54) is 11.5 Å². The first-order valence-corrected chi connectivity index (χ1v) is 9.36. The maximum atomic E-state index is 11.8. The van der Waals surface area contributed by atoms with Gasteiger partial charge >= 0.3 is 17.9 Å². The molecule has 0 saturated heterocycles. The van der Waals surface area contributed by atoms with Gasteiger partial charge in [0.05, 0.1) is 5.03 Å². The number of carbonyl (C=O) groups is 4. The number of rotatable bonds is 10. The van der Waals surface area contributed by atoms with Crippen molar-refractivity contribution in [2.75, 3.05) is 5.75 Å². The van der Waals surface area contributed by atoms with Crippen LogP contribution in [0.15, 0.2) is 35.5 Å². The summed E-state index contributed by atoms with van der Waals surface area (Å²) in [5, 5.41) is 32.1. The number of benzene rings is 1. The van der Waals surface area contributed by atoms with Crippen molar-refractivity contribution in [2.45, 2.75) is 36.9 Å². The number of aromatic nitrogens is 1. The molecule has 2 aromatic rings. The molecule has 2 rings (SSSR count). The van der Waals surface area contributed by atoms with Gasteiger partial charge in [-0.05, 0) is 6.42 Å². The molecule has 0 saturated carbocycles. The van der Waals surface area contributed by atoms with Gasteiger partial charge in [0.1, 0.15) is 12.1 Å². The Morgan fingerprint density at radius 2 is 1.79 bits per heavy atom. The number of aliphatic carboxylic acids is 3. The Kier molecular flexibility index (Phi) is 7.05. The Morgan fingerprint density at radius 3 is 2.36 bits per heavy atom. The maximum absolute atomic E-state index is 11.8. The minimum atomic E-state index is -1.20. The molecule has 0 spiro atoms. The molecule has 0 aliphatic carbocycles. The predicted octanol–water partition coefficient (Wildman–Crippen LogP) is 1.81. The van der Waals surface area contributed by atoms with Crippen molar-refractivity contribution in [1.82, 2.24) is 9.88 Å². The number of amides is 1. The first-order valence-electron chi connectivity index (χ1n) is 8.37. The zero-order valence-corrected chi connectivity index (χ0v) is 15.8. The van der Waals surface area contributed by atoms with Crippen LogP contribution in [-0.4, -0.2) is 55.5 Å². The lowest BCUT2D eigenvalue weighted by molar-refractivity contribution is -0.142. The third-order valence-corrected chi connectivity index (χ3v) is 5.22. The highest BCUT2D eigenvalue weighted by atomic mass is 32.2. The van der Waals surface area contributed by atoms with Crippen LogP contribution in [0.4, 0.5) is 0 Å². The fourth-order valence-electron chi connectivity index (χ4n) is 2.76. The number of carboxylic acids is 3. The van der Waals surface area contributed by atoms with E-state index in [-0.39, 0.29) is 18.6 Å². The molecule has 1 amide bonds. The van der Waals surface area contributed by atoms with Gasteiger partial charge in [0.2, 0.25) is 5.91 Å². The number of thioether (sulfide) groups is 1. The largest absolute Gasteiger partial charge is 0.481 e. The number of hydrogen-bond acceptors (Lipinski definition) is 5. The number of fused-ring (bicyclic) bond motifs is 1. The van der Waals surface area contributed by atoms with Gasteiger partial charge in [-0.1, -0.05) is 24.3 Å². The molecule has 0 fully saturated rings. The summed E-state index contributed by atoms with van der Waals surface area (Å²) < 4.78 is 1.47. The van der Waals surface area contributed by atoms with E-state index in [9.17, 15) is 29.4 Å². The Bertz CT molecular complexity index is 908. The van der Waals surface area contributed by atoms with E-state index >= 15 is 0 Å². The maximum Gasteiger partial charge on any atom is 0.327 e. The molecule has 4 N–H and O–H groups in total. The third kappa shape index (κ3) is 5.26. The number of nitrogens with one attached hydrogen (secondary N) is 1. The molecule has 1 aromatic carbocycles. The minimum Gasteiger partial charge on any atom is -0.481 e. The molecule has 28 heavy (non-hydrogen) atoms. The Labute approximate surface area is 164 Å². The van der Waals surface area contributed by atoms with E-state index in [1.807, 2.05) is 0 Å². The van der Waals surface area contributed by atoms with Crippen LogP contribution in [-0.2, 0) is 19.2 Å². The molecular formula is C18H20N2O7S. The number of hydrogen-bond donors (Lipinski definition) is 4. The summed E-state index contributed by atoms with van der Waals surface area (Å²) in [4.78, 5) is 45.2. The summed E-state index contributed by atoms with van der Waals surface area (Å²) >= 11 is 1.10. The summed E-state index contributed by atoms with van der Waals surface area (Å²) in [5.41, 5.74) is 0. The third-order valence-electron chi connectivity index (χ3n) is 4.02. The quantitative estimate of drug-likeness (QED) is 0.435. The molecule has 0 aliphatic rings. The molecule has 0 radical (unpaired) electrons. The van der Waals surface area contributed by atoms with E-state index in [4.69, 9.17) is 5.11 Å². The van der Waals surface area contributed by atoms with Gasteiger partial charge in [-0.2, -0.15) is 0 Å². The normalized spacial score (nSPS) is 13.0. The zero-order valence-electron chi connectivity index (χ0n) is 15.0. The second-order valence-corrected chi connectivity index (χ2v) is 7.13. The van der Waals surface area contributed by atoms with Crippen LogP contribution in [0, 0.1) is 0 Å². The standard InChI is InChI=1S/C18H20N2O7S/c1-10(21)19-13(17(24)25)9-28-16-12-5-3-2-4-11(12)8-20(16)14(18(26)27)6-7-15(22)23/h2-5,8,13-14H,6-7,9H2,1H3,(H,19,21)(H,22,23)(H,24,25)(H,26,27)/t13-,14?/m0/s1. The second-order valence-electron chi connectivity index (χ2n) is 6.12. The Hall–Kier alpha value is -3.01. The van der Waals surface area contributed by atoms with Gasteiger partial charge in [-0.25, -0.2) is 9.59 Å². The molecular weight excluding hydrogens is 388 g/mol. The summed E-state index contributed by atoms with van der Waals surface area (Å²) in [5.74, 6) is -3.99. The summed E-state index contributed by atoms with van der Waals surface area (Å²) in [6, 6.07) is 4.85. The van der Waals surface area contributed by atoms with Gasteiger partial charge in [0.15, 0.2) is 0 Å². The SMILES string of the molecule is CC(=O)N[C@@H](CSc1c2ccccc2cn1C(CCC(=O)O)C(=O)O)C(=O)O. The van der Waals surface area contributed by atoms with Crippen molar-refractivity contribution >= 4 is 46.3 Å². The van der Waals surface area contributed by atoms with Crippen LogP contribution in [0.5, 0.6) is 0 Å². The highest BCUT2D eigenvalue weighted by Gasteiger charge is 2.26. The van der Waals surface area contributed by atoms with Gasteiger partial charge in [-0.15, -0.1) is 11.8 Å². The fourth-order valence-corrected chi connectivity index (χ4v) is 3.98. The molecule has 150 valence electrons. The van der Waals surface area contributed by atoms with Crippen molar-refractivity contribution < 1.29 is 34.5 Å². The highest BCUT2D eigenvalue weighted by Crippen LogP contribution is 2.34. The topological polar surface area (TPSA) is 146 Å². The summed E-state index contributed by atoms with van der Waals surface area (Å²) in [6.07, 6.45) is 1.18. The van der Waals surface area contributed by atoms with E-state index in [1.54, 1.807) is 30.5 Å². The summed E-state index contributed by atoms with van der Waals surface area (Å²) in [6.45, 7) is 1.21. The van der Waals surface area contributed by atoms with Crippen molar-refractivity contribution in [2.24, 2.45) is 0 Å². The average Bonchev–Trinajstić information content (AvgIpc) is 2.96. The molecule has 1 aromatic heterocycles. The van der Waals surface area contributed by atoms with Gasteiger partial charge in [-0.3, -0.25) is 9.59 Å². The van der Waals surface area contributed by atoms with Crippen LogP contribution < -0.4 is 5.32 Å². The van der Waals surface area contributed by atoms with Crippen molar-refractivity contribution in [1.29, 1.82) is 0 Å². The van der Waals surface area contributed by atoms with Crippen molar-refractivity contribution in [3.05, 3.63) is 30.5 Å². The number of nitrogens with zero attached hydrogens (tertiary/aromatic N) is 1.